The van der Waals surface area contributed by atoms with Crippen LogP contribution >= 0.6 is 15.9 Å². The molecule has 2 aromatic rings. The predicted octanol–water partition coefficient (Wildman–Crippen LogP) is 1.61. The predicted molar refractivity (Wildman–Crippen MR) is 90.1 cm³/mol. The van der Waals surface area contributed by atoms with Crippen LogP contribution in [0.25, 0.3) is 5.69 Å². The van der Waals surface area contributed by atoms with Crippen molar-refractivity contribution in [3.63, 3.8) is 0 Å². The molecular weight excluding hydrogens is 344 g/mol. The molecule has 1 aromatic heterocycles. The molecule has 1 aliphatic rings. The summed E-state index contributed by atoms with van der Waals surface area (Å²) in [5.74, 6) is 0.293. The molecule has 3 rings (SSSR count). The highest BCUT2D eigenvalue weighted by Gasteiger charge is 2.24. The van der Waals surface area contributed by atoms with Crippen molar-refractivity contribution in [2.24, 2.45) is 5.92 Å². The third kappa shape index (κ3) is 3.57. The van der Waals surface area contributed by atoms with E-state index in [-0.39, 0.29) is 6.10 Å². The molecule has 6 heteroatoms. The fourth-order valence-electron chi connectivity index (χ4n) is 2.72. The molecule has 0 radical (unpaired) electrons. The Balaban J connectivity index is 1.61. The van der Waals surface area contributed by atoms with Crippen LogP contribution in [0.1, 0.15) is 11.3 Å². The Morgan fingerprint density at radius 1 is 1.36 bits per heavy atom. The molecule has 1 saturated heterocycles. The van der Waals surface area contributed by atoms with Gasteiger partial charge in [0.25, 0.3) is 0 Å². The summed E-state index contributed by atoms with van der Waals surface area (Å²) >= 11 is 3.44. The summed E-state index contributed by atoms with van der Waals surface area (Å²) in [6.07, 6.45) is 1.83. The molecule has 2 unspecified atom stereocenters. The third-order valence-corrected chi connectivity index (χ3v) is 4.65. The summed E-state index contributed by atoms with van der Waals surface area (Å²) in [7, 11) is 0. The maximum absolute atomic E-state index is 9.79. The second kappa shape index (κ2) is 6.91. The van der Waals surface area contributed by atoms with Crippen LogP contribution in [0.3, 0.4) is 0 Å². The number of aromatic nitrogens is 2. The zero-order valence-corrected chi connectivity index (χ0v) is 14.2. The van der Waals surface area contributed by atoms with Gasteiger partial charge < -0.3 is 15.7 Å². The molecule has 2 heterocycles. The van der Waals surface area contributed by atoms with Crippen LogP contribution in [0.5, 0.6) is 0 Å². The molecule has 0 spiro atoms. The standard InChI is InChI=1S/C16H21BrN4O/c1-11-13(8-18-6-12-7-19-9-16(12)22)10-21(20-11)15-4-2-14(17)3-5-15/h2-5,10,12,16,18-19,22H,6-9H2,1H3. The highest BCUT2D eigenvalue weighted by Crippen LogP contribution is 2.16. The van der Waals surface area contributed by atoms with Crippen molar-refractivity contribution in [1.29, 1.82) is 0 Å². The first-order valence-electron chi connectivity index (χ1n) is 7.54. The van der Waals surface area contributed by atoms with Gasteiger partial charge in [0, 0.05) is 48.3 Å². The van der Waals surface area contributed by atoms with Crippen molar-refractivity contribution in [3.8, 4) is 5.69 Å². The highest BCUT2D eigenvalue weighted by atomic mass is 79.9. The fraction of sp³-hybridized carbons (Fsp3) is 0.438. The molecule has 118 valence electrons. The monoisotopic (exact) mass is 364 g/mol. The van der Waals surface area contributed by atoms with Gasteiger partial charge in [0.1, 0.15) is 0 Å². The lowest BCUT2D eigenvalue weighted by Crippen LogP contribution is -2.30. The summed E-state index contributed by atoms with van der Waals surface area (Å²) in [5, 5.41) is 21.0. The minimum atomic E-state index is -0.237. The van der Waals surface area contributed by atoms with Crippen LogP contribution in [-0.2, 0) is 6.54 Å². The van der Waals surface area contributed by atoms with E-state index in [0.717, 1.165) is 35.5 Å². The number of benzene rings is 1. The largest absolute Gasteiger partial charge is 0.391 e. The van der Waals surface area contributed by atoms with Crippen LogP contribution in [0.4, 0.5) is 0 Å². The van der Waals surface area contributed by atoms with Gasteiger partial charge in [-0.1, -0.05) is 15.9 Å². The molecule has 0 amide bonds. The van der Waals surface area contributed by atoms with Crippen molar-refractivity contribution in [3.05, 3.63) is 46.2 Å². The van der Waals surface area contributed by atoms with Crippen molar-refractivity contribution in [2.45, 2.75) is 19.6 Å². The highest BCUT2D eigenvalue weighted by molar-refractivity contribution is 9.10. The zero-order chi connectivity index (χ0) is 15.5. The van der Waals surface area contributed by atoms with Gasteiger partial charge in [-0.2, -0.15) is 5.10 Å². The van der Waals surface area contributed by atoms with Crippen LogP contribution < -0.4 is 10.6 Å². The van der Waals surface area contributed by atoms with Gasteiger partial charge >= 0.3 is 0 Å². The SMILES string of the molecule is Cc1nn(-c2ccc(Br)cc2)cc1CNCC1CNCC1O. The zero-order valence-electron chi connectivity index (χ0n) is 12.6. The molecule has 5 nitrogen and oxygen atoms in total. The Labute approximate surface area is 138 Å². The van der Waals surface area contributed by atoms with Crippen molar-refractivity contribution < 1.29 is 5.11 Å². The quantitative estimate of drug-likeness (QED) is 0.754. The number of rotatable bonds is 5. The Bertz CT molecular complexity index is 626. The van der Waals surface area contributed by atoms with Crippen LogP contribution in [0.2, 0.25) is 0 Å². The number of halogens is 1. The first kappa shape index (κ1) is 15.7. The van der Waals surface area contributed by atoms with Crippen LogP contribution in [-0.4, -0.2) is 40.6 Å². The van der Waals surface area contributed by atoms with Gasteiger partial charge in [-0.05, 0) is 31.2 Å². The van der Waals surface area contributed by atoms with E-state index in [2.05, 4.69) is 37.9 Å². The van der Waals surface area contributed by atoms with E-state index in [1.54, 1.807) is 0 Å². The van der Waals surface area contributed by atoms with E-state index in [1.165, 1.54) is 5.56 Å². The maximum atomic E-state index is 9.79. The number of nitrogens with zero attached hydrogens (tertiary/aromatic N) is 2. The lowest BCUT2D eigenvalue weighted by molar-refractivity contribution is 0.146. The summed E-state index contributed by atoms with van der Waals surface area (Å²) in [6, 6.07) is 8.10. The maximum Gasteiger partial charge on any atom is 0.0716 e. The van der Waals surface area contributed by atoms with E-state index in [1.807, 2.05) is 35.9 Å². The molecule has 0 bridgehead atoms. The molecule has 3 N–H and O–H groups in total. The molecule has 2 atom stereocenters. The van der Waals surface area contributed by atoms with Crippen molar-refractivity contribution in [2.75, 3.05) is 19.6 Å². The average molecular weight is 365 g/mol. The number of aliphatic hydroxyl groups is 1. The molecular formula is C16H21BrN4O. The minimum absolute atomic E-state index is 0.237. The minimum Gasteiger partial charge on any atom is -0.391 e. The van der Waals surface area contributed by atoms with Gasteiger partial charge in [0.05, 0.1) is 17.5 Å². The van der Waals surface area contributed by atoms with Crippen LogP contribution in [0.15, 0.2) is 34.9 Å². The topological polar surface area (TPSA) is 62.1 Å². The fourth-order valence-corrected chi connectivity index (χ4v) is 2.98. The summed E-state index contributed by atoms with van der Waals surface area (Å²) < 4.78 is 2.97. The van der Waals surface area contributed by atoms with E-state index in [9.17, 15) is 5.11 Å². The summed E-state index contributed by atoms with van der Waals surface area (Å²) in [4.78, 5) is 0. The van der Waals surface area contributed by atoms with Crippen LogP contribution in [0, 0.1) is 12.8 Å². The number of aryl methyl sites for hydroxylation is 1. The van der Waals surface area contributed by atoms with E-state index in [4.69, 9.17) is 0 Å². The van der Waals surface area contributed by atoms with E-state index in [0.29, 0.717) is 12.5 Å². The van der Waals surface area contributed by atoms with Gasteiger partial charge in [0.15, 0.2) is 0 Å². The second-order valence-electron chi connectivity index (χ2n) is 5.78. The normalized spacial score (nSPS) is 21.4. The number of nitrogens with one attached hydrogen (secondary N) is 2. The number of hydrogen-bond donors (Lipinski definition) is 3. The average Bonchev–Trinajstić information content (AvgIpc) is 3.07. The number of hydrogen-bond acceptors (Lipinski definition) is 4. The molecule has 1 aromatic carbocycles. The third-order valence-electron chi connectivity index (χ3n) is 4.12. The summed E-state index contributed by atoms with van der Waals surface area (Å²) in [5.41, 5.74) is 3.26. The lowest BCUT2D eigenvalue weighted by atomic mass is 10.1. The lowest BCUT2D eigenvalue weighted by Gasteiger charge is -2.13. The summed E-state index contributed by atoms with van der Waals surface area (Å²) in [6.45, 7) is 5.19. The molecule has 0 saturated carbocycles. The number of β-amino-alcohol motifs (C(OH)–C–C–N with tert-alkyl or cyclic N) is 1. The Morgan fingerprint density at radius 3 is 2.82 bits per heavy atom. The van der Waals surface area contributed by atoms with Gasteiger partial charge in [0.2, 0.25) is 0 Å². The van der Waals surface area contributed by atoms with E-state index < -0.39 is 0 Å². The van der Waals surface area contributed by atoms with Gasteiger partial charge in [-0.25, -0.2) is 4.68 Å². The Hall–Kier alpha value is -1.21. The van der Waals surface area contributed by atoms with Gasteiger partial charge in [-0.3, -0.25) is 0 Å². The molecule has 22 heavy (non-hydrogen) atoms. The molecule has 1 aliphatic heterocycles. The first-order valence-corrected chi connectivity index (χ1v) is 8.33. The molecule has 0 aliphatic carbocycles. The Kier molecular flexibility index (Phi) is 4.93. The molecule has 1 fully saturated rings. The Morgan fingerprint density at radius 2 is 2.14 bits per heavy atom. The first-order chi connectivity index (χ1) is 10.6. The second-order valence-corrected chi connectivity index (χ2v) is 6.69. The van der Waals surface area contributed by atoms with Gasteiger partial charge in [-0.15, -0.1) is 0 Å². The van der Waals surface area contributed by atoms with E-state index >= 15 is 0 Å². The van der Waals surface area contributed by atoms with Crippen molar-refractivity contribution in [1.82, 2.24) is 20.4 Å². The number of aliphatic hydroxyl groups excluding tert-OH is 1. The van der Waals surface area contributed by atoms with Crippen molar-refractivity contribution >= 4 is 15.9 Å². The smallest absolute Gasteiger partial charge is 0.0716 e.